The molecule has 0 N–H and O–H groups in total. The van der Waals surface area contributed by atoms with Gasteiger partial charge in [-0.05, 0) is 30.2 Å². The zero-order valence-corrected chi connectivity index (χ0v) is 16.5. The van der Waals surface area contributed by atoms with Crippen molar-refractivity contribution in [2.45, 2.75) is 23.9 Å². The minimum absolute atomic E-state index is 0.000229. The van der Waals surface area contributed by atoms with E-state index in [0.717, 1.165) is 33.6 Å². The molecule has 4 rings (SSSR count). The highest BCUT2D eigenvalue weighted by Gasteiger charge is 2.12. The van der Waals surface area contributed by atoms with E-state index in [1.165, 1.54) is 0 Å². The molecular weight excluding hydrogens is 370 g/mol. The fraction of sp³-hybridized carbons (Fsp3) is 0.227. The molecule has 6 heteroatoms. The largest absolute Gasteiger partial charge is 0.385 e. The molecule has 0 aliphatic rings. The van der Waals surface area contributed by atoms with Crippen LogP contribution in [0.2, 0.25) is 0 Å². The van der Waals surface area contributed by atoms with Crippen molar-refractivity contribution >= 4 is 33.6 Å². The molecule has 0 aliphatic carbocycles. The summed E-state index contributed by atoms with van der Waals surface area (Å²) in [5.74, 6) is 0.698. The van der Waals surface area contributed by atoms with Crippen LogP contribution in [0.5, 0.6) is 0 Å². The lowest BCUT2D eigenvalue weighted by atomic mass is 10.1. The van der Waals surface area contributed by atoms with Gasteiger partial charge in [-0.3, -0.25) is 14.3 Å². The number of hydrogen-bond acceptors (Lipinski definition) is 5. The van der Waals surface area contributed by atoms with Crippen molar-refractivity contribution in [2.75, 3.05) is 13.7 Å². The lowest BCUT2D eigenvalue weighted by Crippen LogP contribution is -2.24. The summed E-state index contributed by atoms with van der Waals surface area (Å²) in [5.41, 5.74) is 2.86. The average molecular weight is 391 g/mol. The number of rotatable bonds is 7. The van der Waals surface area contributed by atoms with E-state index < -0.39 is 0 Å². The lowest BCUT2D eigenvalue weighted by molar-refractivity contribution is 0.189. The van der Waals surface area contributed by atoms with E-state index in [1.807, 2.05) is 42.6 Å². The fourth-order valence-electron chi connectivity index (χ4n) is 3.25. The molecule has 0 radical (unpaired) electrons. The van der Waals surface area contributed by atoms with E-state index in [-0.39, 0.29) is 5.56 Å². The third-order valence-corrected chi connectivity index (χ3v) is 5.66. The summed E-state index contributed by atoms with van der Waals surface area (Å²) >= 11 is 1.57. The minimum Gasteiger partial charge on any atom is -0.385 e. The maximum atomic E-state index is 13.0. The first kappa shape index (κ1) is 18.7. The Kier molecular flexibility index (Phi) is 5.69. The van der Waals surface area contributed by atoms with Crippen molar-refractivity contribution in [1.29, 1.82) is 0 Å². The van der Waals surface area contributed by atoms with Gasteiger partial charge in [0.1, 0.15) is 0 Å². The first-order valence-corrected chi connectivity index (χ1v) is 10.2. The van der Waals surface area contributed by atoms with Crippen molar-refractivity contribution in [3.05, 3.63) is 76.7 Å². The summed E-state index contributed by atoms with van der Waals surface area (Å²) in [4.78, 5) is 22.3. The van der Waals surface area contributed by atoms with E-state index in [4.69, 9.17) is 9.72 Å². The Bertz CT molecular complexity index is 1170. The Balaban J connectivity index is 1.70. The Morgan fingerprint density at radius 2 is 1.93 bits per heavy atom. The van der Waals surface area contributed by atoms with Gasteiger partial charge in [0.25, 0.3) is 5.56 Å². The Labute approximate surface area is 167 Å². The van der Waals surface area contributed by atoms with Crippen LogP contribution < -0.4 is 5.56 Å². The smallest absolute Gasteiger partial charge is 0.262 e. The van der Waals surface area contributed by atoms with Crippen LogP contribution in [0.3, 0.4) is 0 Å². The van der Waals surface area contributed by atoms with E-state index >= 15 is 0 Å². The molecule has 0 amide bonds. The second kappa shape index (κ2) is 8.54. The second-order valence-corrected chi connectivity index (χ2v) is 7.44. The van der Waals surface area contributed by atoms with Gasteiger partial charge in [0.15, 0.2) is 5.16 Å². The van der Waals surface area contributed by atoms with Crippen LogP contribution >= 0.6 is 11.8 Å². The van der Waals surface area contributed by atoms with E-state index in [9.17, 15) is 4.79 Å². The minimum atomic E-state index is 0.000229. The number of ether oxygens (including phenoxy) is 1. The van der Waals surface area contributed by atoms with Crippen LogP contribution in [0.25, 0.3) is 21.8 Å². The van der Waals surface area contributed by atoms with Gasteiger partial charge >= 0.3 is 0 Å². The van der Waals surface area contributed by atoms with Crippen molar-refractivity contribution in [3.8, 4) is 0 Å². The fourth-order valence-corrected chi connectivity index (χ4v) is 4.26. The van der Waals surface area contributed by atoms with Gasteiger partial charge in [-0.2, -0.15) is 0 Å². The molecule has 142 valence electrons. The van der Waals surface area contributed by atoms with Gasteiger partial charge in [-0.1, -0.05) is 48.2 Å². The Morgan fingerprint density at radius 3 is 2.82 bits per heavy atom. The summed E-state index contributed by atoms with van der Waals surface area (Å²) in [7, 11) is 1.67. The van der Waals surface area contributed by atoms with E-state index in [0.29, 0.717) is 24.3 Å². The molecule has 0 saturated carbocycles. The number of pyridine rings is 1. The zero-order valence-electron chi connectivity index (χ0n) is 15.7. The third kappa shape index (κ3) is 3.79. The molecule has 0 unspecified atom stereocenters. The summed E-state index contributed by atoms with van der Waals surface area (Å²) < 4.78 is 6.93. The maximum absolute atomic E-state index is 13.0. The highest BCUT2D eigenvalue weighted by Crippen LogP contribution is 2.26. The summed E-state index contributed by atoms with van der Waals surface area (Å²) in [6.45, 7) is 1.19. The number of benzene rings is 2. The van der Waals surface area contributed by atoms with Crippen molar-refractivity contribution in [2.24, 2.45) is 0 Å². The maximum Gasteiger partial charge on any atom is 0.262 e. The molecule has 0 atom stereocenters. The third-order valence-electron chi connectivity index (χ3n) is 4.63. The molecule has 0 spiro atoms. The number of fused-ring (bicyclic) bond motifs is 2. The van der Waals surface area contributed by atoms with Crippen LogP contribution in [-0.4, -0.2) is 28.3 Å². The van der Waals surface area contributed by atoms with Crippen LogP contribution in [0, 0.1) is 0 Å². The number of aromatic nitrogens is 3. The van der Waals surface area contributed by atoms with Crippen molar-refractivity contribution in [3.63, 3.8) is 0 Å². The molecule has 0 bridgehead atoms. The van der Waals surface area contributed by atoms with Crippen LogP contribution in [0.15, 0.2) is 70.7 Å². The number of thioether (sulfide) groups is 1. The second-order valence-electron chi connectivity index (χ2n) is 6.50. The molecule has 4 aromatic rings. The van der Waals surface area contributed by atoms with Crippen LogP contribution in [0.4, 0.5) is 0 Å². The standard InChI is InChI=1S/C22H21N3O2S/c1-27-14-6-13-25-21(26)18-10-2-3-11-19(18)24-22(25)28-15-17-8-4-7-16-9-5-12-23-20(16)17/h2-5,7-12H,6,13-15H2,1H3. The summed E-state index contributed by atoms with van der Waals surface area (Å²) in [6.07, 6.45) is 2.57. The first-order chi connectivity index (χ1) is 13.8. The highest BCUT2D eigenvalue weighted by molar-refractivity contribution is 7.98. The van der Waals surface area contributed by atoms with Gasteiger partial charge in [-0.25, -0.2) is 4.98 Å². The number of para-hydroxylation sites is 2. The SMILES string of the molecule is COCCCn1c(SCc2cccc3cccnc23)nc2ccccc2c1=O. The summed E-state index contributed by atoms with van der Waals surface area (Å²) in [5, 5.41) is 2.49. The Morgan fingerprint density at radius 1 is 1.07 bits per heavy atom. The number of hydrogen-bond donors (Lipinski definition) is 0. The molecule has 2 aromatic carbocycles. The van der Waals surface area contributed by atoms with E-state index in [2.05, 4.69) is 23.2 Å². The van der Waals surface area contributed by atoms with Crippen molar-refractivity contribution in [1.82, 2.24) is 14.5 Å². The van der Waals surface area contributed by atoms with Gasteiger partial charge < -0.3 is 4.74 Å². The predicted octanol–water partition coefficient (Wildman–Crippen LogP) is 4.27. The Hall–Kier alpha value is -2.70. The van der Waals surface area contributed by atoms with Gasteiger partial charge in [-0.15, -0.1) is 0 Å². The molecule has 0 aliphatic heterocycles. The average Bonchev–Trinajstić information content (AvgIpc) is 2.74. The molecule has 2 aromatic heterocycles. The van der Waals surface area contributed by atoms with Crippen LogP contribution in [0.1, 0.15) is 12.0 Å². The molecule has 0 fully saturated rings. The quantitative estimate of drug-likeness (QED) is 0.267. The van der Waals surface area contributed by atoms with Crippen molar-refractivity contribution < 1.29 is 4.74 Å². The van der Waals surface area contributed by atoms with E-state index in [1.54, 1.807) is 23.4 Å². The normalized spacial score (nSPS) is 11.3. The van der Waals surface area contributed by atoms with Gasteiger partial charge in [0.05, 0.1) is 16.4 Å². The molecule has 0 saturated heterocycles. The lowest BCUT2D eigenvalue weighted by Gasteiger charge is -2.13. The molecule has 5 nitrogen and oxygen atoms in total. The van der Waals surface area contributed by atoms with Gasteiger partial charge in [0.2, 0.25) is 0 Å². The first-order valence-electron chi connectivity index (χ1n) is 9.22. The number of methoxy groups -OCH3 is 1. The molecule has 28 heavy (non-hydrogen) atoms. The zero-order chi connectivity index (χ0) is 19.3. The predicted molar refractivity (Wildman–Crippen MR) is 114 cm³/mol. The monoisotopic (exact) mass is 391 g/mol. The number of nitrogens with zero attached hydrogens (tertiary/aromatic N) is 3. The topological polar surface area (TPSA) is 57.0 Å². The molecular formula is C22H21N3O2S. The summed E-state index contributed by atoms with van der Waals surface area (Å²) in [6, 6.07) is 17.7. The highest BCUT2D eigenvalue weighted by atomic mass is 32.2. The van der Waals surface area contributed by atoms with Gasteiger partial charge in [0, 0.05) is 37.6 Å². The van der Waals surface area contributed by atoms with Crippen LogP contribution in [-0.2, 0) is 17.0 Å². The molecule has 2 heterocycles.